The van der Waals surface area contributed by atoms with Crippen molar-refractivity contribution in [2.24, 2.45) is 5.41 Å². The van der Waals surface area contributed by atoms with Gasteiger partial charge in [0, 0.05) is 81.5 Å². The Bertz CT molecular complexity index is 2670. The van der Waals surface area contributed by atoms with E-state index in [1.165, 1.54) is 79.4 Å². The monoisotopic (exact) mass is 907 g/mol. The number of hydrogen-bond donors (Lipinski definition) is 4. The van der Waals surface area contributed by atoms with E-state index in [4.69, 9.17) is 15.2 Å². The van der Waals surface area contributed by atoms with Gasteiger partial charge in [0.15, 0.2) is 0 Å². The fourth-order valence-electron chi connectivity index (χ4n) is 10.4. The Labute approximate surface area is 379 Å². The van der Waals surface area contributed by atoms with Crippen molar-refractivity contribution in [3.63, 3.8) is 0 Å². The third kappa shape index (κ3) is 9.17. The molecule has 0 unspecified atom stereocenters. The number of aromatic nitrogens is 3. The Hall–Kier alpha value is -5.94. The lowest BCUT2D eigenvalue weighted by atomic mass is 9.60. The molecule has 4 aliphatic rings. The SMILES string of the molecule is COC(=O)N1CCC(F)(CNc2ccc(S(=O)(=O)NC(=O)c3cnc(N4CCC5(CC4)CC(N4CCC[C@H]4c4ccccc4C(C)C)C5)cc3Oc3cnc4[nH]ccc4c3)cc2N)CC1. The molecule has 1 saturated carbocycles. The van der Waals surface area contributed by atoms with Crippen LogP contribution in [0.2, 0.25) is 0 Å². The van der Waals surface area contributed by atoms with E-state index in [0.29, 0.717) is 40.9 Å². The molecule has 15 nitrogen and oxygen atoms in total. The molecule has 9 rings (SSSR count). The predicted molar refractivity (Wildman–Crippen MR) is 248 cm³/mol. The maximum Gasteiger partial charge on any atom is 0.409 e. The number of benzene rings is 2. The molecule has 5 aromatic rings. The molecule has 1 spiro atoms. The molecule has 3 aliphatic heterocycles. The summed E-state index contributed by atoms with van der Waals surface area (Å²) < 4.78 is 56.2. The number of nitrogens with one attached hydrogen (secondary N) is 3. The van der Waals surface area contributed by atoms with Crippen molar-refractivity contribution < 1.29 is 31.9 Å². The number of pyridine rings is 2. The molecule has 2 amide bonds. The van der Waals surface area contributed by atoms with E-state index in [1.807, 2.05) is 6.07 Å². The van der Waals surface area contributed by atoms with Crippen LogP contribution < -0.4 is 25.4 Å². The number of ether oxygens (including phenoxy) is 2. The maximum absolute atomic E-state index is 15.6. The molecular formula is C48H58FN9O6S. The number of nitrogens with two attached hydrogens (primary N) is 1. The molecule has 344 valence electrons. The lowest BCUT2D eigenvalue weighted by molar-refractivity contribution is -0.0228. The minimum Gasteiger partial charge on any atom is -0.455 e. The van der Waals surface area contributed by atoms with Gasteiger partial charge in [-0.1, -0.05) is 38.1 Å². The number of methoxy groups -OCH3 is 1. The van der Waals surface area contributed by atoms with Crippen LogP contribution in [0.25, 0.3) is 11.0 Å². The lowest BCUT2D eigenvalue weighted by Gasteiger charge is -2.56. The normalized spacial score (nSPS) is 19.9. The topological polar surface area (TPSA) is 188 Å². The number of aromatic amines is 1. The molecule has 17 heteroatoms. The summed E-state index contributed by atoms with van der Waals surface area (Å²) in [5.74, 6) is 0.667. The third-order valence-electron chi connectivity index (χ3n) is 14.2. The number of sulfonamides is 1. The summed E-state index contributed by atoms with van der Waals surface area (Å²) in [4.78, 5) is 44.1. The van der Waals surface area contributed by atoms with E-state index in [2.05, 4.69) is 72.9 Å². The van der Waals surface area contributed by atoms with Crippen molar-refractivity contribution >= 4 is 50.2 Å². The minimum atomic E-state index is -4.44. The Morgan fingerprint density at radius 1 is 0.969 bits per heavy atom. The molecule has 4 fully saturated rings. The first-order valence-corrected chi connectivity index (χ1v) is 24.1. The van der Waals surface area contributed by atoms with Gasteiger partial charge in [0.1, 0.15) is 34.2 Å². The van der Waals surface area contributed by atoms with Crippen LogP contribution in [0.5, 0.6) is 11.5 Å². The number of nitrogen functional groups attached to an aromatic ring is 1. The van der Waals surface area contributed by atoms with Crippen LogP contribution in [0.3, 0.4) is 0 Å². The number of alkyl halides is 1. The van der Waals surface area contributed by atoms with Crippen LogP contribution in [0.1, 0.15) is 98.7 Å². The number of hydrogen-bond acceptors (Lipinski definition) is 12. The first-order valence-electron chi connectivity index (χ1n) is 22.6. The van der Waals surface area contributed by atoms with Gasteiger partial charge in [-0.05, 0) is 97.9 Å². The molecule has 65 heavy (non-hydrogen) atoms. The zero-order chi connectivity index (χ0) is 45.5. The van der Waals surface area contributed by atoms with Crippen molar-refractivity contribution in [2.75, 3.05) is 62.3 Å². The standard InChI is InChI=1S/C48H58FN9O6S/c1-31(2)36-7-4-5-8-37(36)41-9-6-18-58(41)33-26-47(27-33)13-19-56(20-14-47)43-25-42(64-34-23-32-12-17-51-44(32)53-28-34)38(29-52-43)45(59)55-65(61,62)35-10-11-40(39(50)24-35)54-30-48(49)15-21-57(22-16-48)46(60)63-3/h4-5,7-8,10-12,17,23-25,28-29,31,33,41,54H,6,9,13-16,18-22,26-27,30,50H2,1-3H3,(H,51,53)(H,55,59)/t41-/m0/s1. The van der Waals surface area contributed by atoms with Crippen molar-refractivity contribution in [3.8, 4) is 11.5 Å². The Balaban J connectivity index is 0.870. The number of halogens is 1. The first-order chi connectivity index (χ1) is 31.2. The second-order valence-electron chi connectivity index (χ2n) is 18.6. The minimum absolute atomic E-state index is 0.0481. The highest BCUT2D eigenvalue weighted by Gasteiger charge is 2.50. The summed E-state index contributed by atoms with van der Waals surface area (Å²) in [6, 6.07) is 19.3. The summed E-state index contributed by atoms with van der Waals surface area (Å²) in [5, 5.41) is 3.78. The summed E-state index contributed by atoms with van der Waals surface area (Å²) in [5.41, 5.74) is 8.84. The van der Waals surface area contributed by atoms with E-state index in [-0.39, 0.29) is 59.8 Å². The smallest absolute Gasteiger partial charge is 0.409 e. The van der Waals surface area contributed by atoms with Crippen molar-refractivity contribution in [3.05, 3.63) is 95.9 Å². The van der Waals surface area contributed by atoms with Gasteiger partial charge < -0.3 is 35.3 Å². The fourth-order valence-corrected chi connectivity index (χ4v) is 11.4. The van der Waals surface area contributed by atoms with Crippen LogP contribution >= 0.6 is 0 Å². The van der Waals surface area contributed by atoms with E-state index in [1.54, 1.807) is 18.3 Å². The van der Waals surface area contributed by atoms with E-state index in [9.17, 15) is 18.0 Å². The van der Waals surface area contributed by atoms with Crippen LogP contribution in [0.4, 0.5) is 26.4 Å². The average Bonchev–Trinajstić information content (AvgIpc) is 3.98. The van der Waals surface area contributed by atoms with Gasteiger partial charge in [0.05, 0.1) is 29.6 Å². The lowest BCUT2D eigenvalue weighted by Crippen LogP contribution is -2.55. The van der Waals surface area contributed by atoms with Crippen LogP contribution in [0.15, 0.2) is 84.1 Å². The first kappa shape index (κ1) is 44.3. The molecular weight excluding hydrogens is 850 g/mol. The average molecular weight is 908 g/mol. The number of fused-ring (bicyclic) bond motifs is 1. The van der Waals surface area contributed by atoms with E-state index in [0.717, 1.165) is 37.9 Å². The number of carbonyl (C=O) groups excluding carboxylic acids is 2. The zero-order valence-corrected chi connectivity index (χ0v) is 38.0. The fraction of sp³-hybridized carbons (Fsp3) is 0.458. The largest absolute Gasteiger partial charge is 0.455 e. The molecule has 3 aromatic heterocycles. The van der Waals surface area contributed by atoms with Gasteiger partial charge in [-0.2, -0.15) is 0 Å². The highest BCUT2D eigenvalue weighted by atomic mass is 32.2. The summed E-state index contributed by atoms with van der Waals surface area (Å²) in [6.45, 7) is 7.61. The number of anilines is 3. The summed E-state index contributed by atoms with van der Waals surface area (Å²) >= 11 is 0. The molecule has 3 saturated heterocycles. The van der Waals surface area contributed by atoms with Crippen LogP contribution in [-0.2, 0) is 14.8 Å². The number of piperidine rings is 2. The van der Waals surface area contributed by atoms with Crippen molar-refractivity contribution in [1.82, 2.24) is 29.5 Å². The van der Waals surface area contributed by atoms with Gasteiger partial charge in [0.25, 0.3) is 15.9 Å². The van der Waals surface area contributed by atoms with E-state index < -0.39 is 27.7 Å². The molecule has 0 radical (unpaired) electrons. The van der Waals surface area contributed by atoms with Crippen LogP contribution in [0, 0.1) is 5.41 Å². The van der Waals surface area contributed by atoms with Gasteiger partial charge in [-0.15, -0.1) is 0 Å². The number of nitrogens with zero attached hydrogens (tertiary/aromatic N) is 5. The second-order valence-corrected chi connectivity index (χ2v) is 20.3. The van der Waals surface area contributed by atoms with Crippen LogP contribution in [-0.4, -0.2) is 103 Å². The molecule has 5 N–H and O–H groups in total. The predicted octanol–water partition coefficient (Wildman–Crippen LogP) is 8.14. The van der Waals surface area contributed by atoms with Gasteiger partial charge in [-0.3, -0.25) is 9.69 Å². The molecule has 6 heterocycles. The Morgan fingerprint density at radius 3 is 2.48 bits per heavy atom. The van der Waals surface area contributed by atoms with Gasteiger partial charge >= 0.3 is 6.09 Å². The molecule has 1 atom stereocenters. The second kappa shape index (κ2) is 17.8. The van der Waals surface area contributed by atoms with Crippen molar-refractivity contribution in [2.45, 2.75) is 93.8 Å². The summed E-state index contributed by atoms with van der Waals surface area (Å²) in [7, 11) is -3.16. The third-order valence-corrected chi connectivity index (χ3v) is 15.5. The number of amides is 2. The quantitative estimate of drug-likeness (QED) is 0.0882. The molecule has 1 aliphatic carbocycles. The number of rotatable bonds is 12. The van der Waals surface area contributed by atoms with Gasteiger partial charge in [-0.25, -0.2) is 32.3 Å². The van der Waals surface area contributed by atoms with Gasteiger partial charge in [0.2, 0.25) is 0 Å². The maximum atomic E-state index is 15.6. The highest BCUT2D eigenvalue weighted by Crippen LogP contribution is 2.54. The Morgan fingerprint density at radius 2 is 1.74 bits per heavy atom. The van der Waals surface area contributed by atoms with Crippen molar-refractivity contribution in [1.29, 1.82) is 0 Å². The Kier molecular flexibility index (Phi) is 12.1. The molecule has 0 bridgehead atoms. The number of likely N-dealkylation sites (tertiary alicyclic amines) is 2. The van der Waals surface area contributed by atoms with E-state index >= 15 is 4.39 Å². The molecule has 2 aromatic carbocycles. The number of carbonyl (C=O) groups is 2. The highest BCUT2D eigenvalue weighted by molar-refractivity contribution is 7.90. The number of H-pyrrole nitrogens is 1. The zero-order valence-electron chi connectivity index (χ0n) is 37.2. The summed E-state index contributed by atoms with van der Waals surface area (Å²) in [6.07, 6.45) is 11.2.